The van der Waals surface area contributed by atoms with Crippen LogP contribution in [0.3, 0.4) is 0 Å². The first-order valence-electron chi connectivity index (χ1n) is 7.27. The van der Waals surface area contributed by atoms with Gasteiger partial charge >= 0.3 is 5.97 Å². The Morgan fingerprint density at radius 2 is 1.92 bits per heavy atom. The molecule has 9 heteroatoms. The molecule has 0 saturated carbocycles. The van der Waals surface area contributed by atoms with Crippen LogP contribution in [0.1, 0.15) is 15.9 Å². The van der Waals surface area contributed by atoms with Gasteiger partial charge in [-0.2, -0.15) is 5.26 Å². The van der Waals surface area contributed by atoms with Crippen LogP contribution in [0.2, 0.25) is 5.02 Å². The van der Waals surface area contributed by atoms with Crippen LogP contribution in [0, 0.1) is 21.4 Å². The van der Waals surface area contributed by atoms with Gasteiger partial charge in [-0.25, -0.2) is 4.79 Å². The smallest absolute Gasteiger partial charge is 0.345 e. The summed E-state index contributed by atoms with van der Waals surface area (Å²) in [5.41, 5.74) is 0.454. The number of rotatable bonds is 6. The zero-order valence-corrected chi connectivity index (χ0v) is 14.0. The number of nitriles is 1. The number of hydrogen-bond donors (Lipinski definition) is 1. The summed E-state index contributed by atoms with van der Waals surface area (Å²) in [5, 5.41) is 22.2. The summed E-state index contributed by atoms with van der Waals surface area (Å²) < 4.78 is 4.81. The summed E-state index contributed by atoms with van der Waals surface area (Å²) >= 11 is 5.74. The van der Waals surface area contributed by atoms with Crippen molar-refractivity contribution in [3.63, 3.8) is 0 Å². The zero-order valence-electron chi connectivity index (χ0n) is 13.3. The van der Waals surface area contributed by atoms with Crippen molar-refractivity contribution in [1.82, 2.24) is 0 Å². The number of nitro groups is 1. The minimum atomic E-state index is -1.03. The van der Waals surface area contributed by atoms with Crippen LogP contribution >= 0.6 is 11.6 Å². The maximum atomic E-state index is 12.0. The monoisotopic (exact) mass is 373 g/mol. The van der Waals surface area contributed by atoms with E-state index in [1.807, 2.05) is 6.07 Å². The van der Waals surface area contributed by atoms with E-state index in [4.69, 9.17) is 21.6 Å². The number of amides is 1. The van der Waals surface area contributed by atoms with Gasteiger partial charge in [0.1, 0.15) is 5.56 Å². The van der Waals surface area contributed by atoms with E-state index in [-0.39, 0.29) is 17.0 Å². The topological polar surface area (TPSA) is 122 Å². The fourth-order valence-corrected chi connectivity index (χ4v) is 2.21. The summed E-state index contributed by atoms with van der Waals surface area (Å²) in [6.45, 7) is -0.623. The second kappa shape index (κ2) is 8.60. The Morgan fingerprint density at radius 1 is 1.23 bits per heavy atom. The molecule has 0 atom stereocenters. The molecule has 0 saturated heterocycles. The number of carbonyl (C=O) groups is 2. The second-order valence-electron chi connectivity index (χ2n) is 5.07. The van der Waals surface area contributed by atoms with Crippen molar-refractivity contribution in [3.05, 3.63) is 68.7 Å². The molecule has 0 fully saturated rings. The van der Waals surface area contributed by atoms with Crippen LogP contribution in [0.5, 0.6) is 0 Å². The van der Waals surface area contributed by atoms with Crippen molar-refractivity contribution in [2.24, 2.45) is 0 Å². The SMILES string of the molecule is N#CCc1ccc(NC(=O)COC(=O)c2cc(Cl)ccc2[N+](=O)[O-])cc1. The van der Waals surface area contributed by atoms with Gasteiger partial charge in [0.2, 0.25) is 0 Å². The van der Waals surface area contributed by atoms with Crippen LogP contribution in [0.4, 0.5) is 11.4 Å². The molecule has 0 spiro atoms. The van der Waals surface area contributed by atoms with Crippen LogP contribution in [0.25, 0.3) is 0 Å². The van der Waals surface area contributed by atoms with Crippen LogP contribution in [0.15, 0.2) is 42.5 Å². The lowest BCUT2D eigenvalue weighted by Gasteiger charge is -2.07. The Balaban J connectivity index is 1.97. The number of nitro benzene ring substituents is 1. The summed E-state index contributed by atoms with van der Waals surface area (Å²) in [7, 11) is 0. The third kappa shape index (κ3) is 5.03. The van der Waals surface area contributed by atoms with Gasteiger partial charge in [0.05, 0.1) is 17.4 Å². The van der Waals surface area contributed by atoms with Gasteiger partial charge in [0.15, 0.2) is 6.61 Å². The minimum Gasteiger partial charge on any atom is -0.452 e. The maximum absolute atomic E-state index is 12.0. The molecule has 8 nitrogen and oxygen atoms in total. The van der Waals surface area contributed by atoms with E-state index in [0.29, 0.717) is 5.69 Å². The van der Waals surface area contributed by atoms with Crippen molar-refractivity contribution in [2.75, 3.05) is 11.9 Å². The Hall–Kier alpha value is -3.44. The molecule has 0 aliphatic rings. The van der Waals surface area contributed by atoms with E-state index in [1.54, 1.807) is 24.3 Å². The molecule has 0 radical (unpaired) electrons. The Kier molecular flexibility index (Phi) is 6.25. The highest BCUT2D eigenvalue weighted by atomic mass is 35.5. The molecular formula is C17H12ClN3O5. The first kappa shape index (κ1) is 18.9. The molecule has 0 aliphatic carbocycles. The number of halogens is 1. The highest BCUT2D eigenvalue weighted by Crippen LogP contribution is 2.23. The van der Waals surface area contributed by atoms with Crippen LogP contribution in [-0.2, 0) is 16.0 Å². The number of ether oxygens (including phenoxy) is 1. The van der Waals surface area contributed by atoms with Crippen molar-refractivity contribution >= 4 is 34.9 Å². The number of hydrogen-bond acceptors (Lipinski definition) is 6. The van der Waals surface area contributed by atoms with E-state index in [2.05, 4.69) is 5.32 Å². The average molecular weight is 374 g/mol. The molecule has 0 aliphatic heterocycles. The Bertz CT molecular complexity index is 890. The van der Waals surface area contributed by atoms with Gasteiger partial charge < -0.3 is 10.1 Å². The Morgan fingerprint density at radius 3 is 2.54 bits per heavy atom. The number of nitrogens with one attached hydrogen (secondary N) is 1. The molecular weight excluding hydrogens is 362 g/mol. The lowest BCUT2D eigenvalue weighted by Crippen LogP contribution is -2.21. The summed E-state index contributed by atoms with van der Waals surface area (Å²) in [6, 6.07) is 12.0. The van der Waals surface area contributed by atoms with Gasteiger partial charge in [0.25, 0.3) is 11.6 Å². The number of anilines is 1. The fraction of sp³-hybridized carbons (Fsp3) is 0.118. The predicted octanol–water partition coefficient (Wildman–Crippen LogP) is 3.11. The van der Waals surface area contributed by atoms with Gasteiger partial charge in [-0.3, -0.25) is 14.9 Å². The highest BCUT2D eigenvalue weighted by Gasteiger charge is 2.22. The number of carbonyl (C=O) groups excluding carboxylic acids is 2. The van der Waals surface area contributed by atoms with Crippen molar-refractivity contribution in [2.45, 2.75) is 6.42 Å². The van der Waals surface area contributed by atoms with E-state index in [9.17, 15) is 19.7 Å². The molecule has 2 rings (SSSR count). The number of benzene rings is 2. The van der Waals surface area contributed by atoms with Crippen molar-refractivity contribution in [3.8, 4) is 6.07 Å². The quantitative estimate of drug-likeness (QED) is 0.471. The van der Waals surface area contributed by atoms with E-state index in [1.165, 1.54) is 6.07 Å². The molecule has 132 valence electrons. The lowest BCUT2D eigenvalue weighted by atomic mass is 10.1. The maximum Gasteiger partial charge on any atom is 0.345 e. The van der Waals surface area contributed by atoms with Gasteiger partial charge in [-0.15, -0.1) is 0 Å². The summed E-state index contributed by atoms with van der Waals surface area (Å²) in [4.78, 5) is 34.0. The molecule has 0 aromatic heterocycles. The van der Waals surface area contributed by atoms with Crippen molar-refractivity contribution < 1.29 is 19.2 Å². The normalized spacial score (nSPS) is 9.85. The molecule has 1 amide bonds. The van der Waals surface area contributed by atoms with Crippen molar-refractivity contribution in [1.29, 1.82) is 5.26 Å². The molecule has 1 N–H and O–H groups in total. The second-order valence-corrected chi connectivity index (χ2v) is 5.51. The largest absolute Gasteiger partial charge is 0.452 e. The highest BCUT2D eigenvalue weighted by molar-refractivity contribution is 6.31. The van der Waals surface area contributed by atoms with E-state index < -0.39 is 29.1 Å². The molecule has 2 aromatic rings. The van der Waals surface area contributed by atoms with Gasteiger partial charge in [-0.05, 0) is 29.8 Å². The average Bonchev–Trinajstić information content (AvgIpc) is 2.61. The third-order valence-corrected chi connectivity index (χ3v) is 3.47. The third-order valence-electron chi connectivity index (χ3n) is 3.23. The molecule has 0 bridgehead atoms. The number of esters is 1. The van der Waals surface area contributed by atoms with E-state index >= 15 is 0 Å². The van der Waals surface area contributed by atoms with E-state index in [0.717, 1.165) is 17.7 Å². The molecule has 0 heterocycles. The minimum absolute atomic E-state index is 0.129. The first-order valence-corrected chi connectivity index (χ1v) is 7.65. The molecule has 2 aromatic carbocycles. The van der Waals surface area contributed by atoms with Gasteiger partial charge in [0, 0.05) is 16.8 Å². The fourth-order valence-electron chi connectivity index (χ4n) is 2.03. The molecule has 0 unspecified atom stereocenters. The number of nitrogens with zero attached hydrogens (tertiary/aromatic N) is 2. The summed E-state index contributed by atoms with van der Waals surface area (Å²) in [6.07, 6.45) is 0.254. The standard InChI is InChI=1S/C17H12ClN3O5/c18-12-3-6-15(21(24)25)14(9-12)17(23)26-10-16(22)20-13-4-1-11(2-5-13)7-8-19/h1-6,9H,7,10H2,(H,20,22). The Labute approximate surface area is 153 Å². The predicted molar refractivity (Wildman–Crippen MR) is 92.8 cm³/mol. The first-order chi connectivity index (χ1) is 12.4. The molecule has 26 heavy (non-hydrogen) atoms. The lowest BCUT2D eigenvalue weighted by molar-refractivity contribution is -0.385. The zero-order chi connectivity index (χ0) is 19.1. The van der Waals surface area contributed by atoms with Gasteiger partial charge in [-0.1, -0.05) is 23.7 Å². The van der Waals surface area contributed by atoms with Crippen LogP contribution < -0.4 is 5.32 Å². The summed E-state index contributed by atoms with van der Waals surface area (Å²) in [5.74, 6) is -1.64. The van der Waals surface area contributed by atoms with Crippen LogP contribution in [-0.4, -0.2) is 23.4 Å².